The number of aromatic nitrogens is 2. The number of anilines is 3. The average Bonchev–Trinajstić information content (AvgIpc) is 3.42. The van der Waals surface area contributed by atoms with Crippen LogP contribution in [0, 0.1) is 11.3 Å². The number of rotatable bonds is 7. The molecule has 0 aliphatic carbocycles. The number of likely N-dealkylation sites (tertiary alicyclic amines) is 1. The van der Waals surface area contributed by atoms with E-state index >= 15 is 0 Å². The smallest absolute Gasteiger partial charge is 0.219 e. The van der Waals surface area contributed by atoms with Gasteiger partial charge in [0.25, 0.3) is 0 Å². The maximum absolute atomic E-state index is 11.6. The lowest BCUT2D eigenvalue weighted by Crippen LogP contribution is -2.56. The second kappa shape index (κ2) is 11.5. The fourth-order valence-corrected chi connectivity index (χ4v) is 5.40. The summed E-state index contributed by atoms with van der Waals surface area (Å²) in [5.74, 6) is 1.73. The number of hydrogen-bond donors (Lipinski definition) is 1. The highest BCUT2D eigenvalue weighted by Gasteiger charge is 2.29. The molecule has 0 saturated carbocycles. The van der Waals surface area contributed by atoms with Gasteiger partial charge < -0.3 is 24.6 Å². The molecule has 3 saturated heterocycles. The van der Waals surface area contributed by atoms with Gasteiger partial charge in [-0.1, -0.05) is 0 Å². The lowest BCUT2D eigenvalue weighted by atomic mass is 10.1. The van der Waals surface area contributed by atoms with E-state index in [4.69, 9.17) is 9.47 Å². The molecule has 0 radical (unpaired) electrons. The minimum atomic E-state index is -0.121. The van der Waals surface area contributed by atoms with Gasteiger partial charge in [-0.05, 0) is 48.5 Å². The Kier molecular flexibility index (Phi) is 7.49. The molecule has 1 aromatic heterocycles. The number of amides is 1. The van der Waals surface area contributed by atoms with Gasteiger partial charge in [0.05, 0.1) is 31.4 Å². The van der Waals surface area contributed by atoms with Crippen LogP contribution >= 0.6 is 0 Å². The lowest BCUT2D eigenvalue weighted by molar-refractivity contribution is -0.128. The van der Waals surface area contributed by atoms with Crippen molar-refractivity contribution in [3.05, 3.63) is 60.3 Å². The molecule has 1 unspecified atom stereocenters. The van der Waals surface area contributed by atoms with E-state index in [0.29, 0.717) is 42.1 Å². The molecule has 2 aromatic carbocycles. The van der Waals surface area contributed by atoms with Gasteiger partial charge in [0.1, 0.15) is 23.7 Å². The molecule has 1 N–H and O–H groups in total. The van der Waals surface area contributed by atoms with Crippen LogP contribution in [0.3, 0.4) is 0 Å². The summed E-state index contributed by atoms with van der Waals surface area (Å²) >= 11 is 0. The summed E-state index contributed by atoms with van der Waals surface area (Å²) in [7, 11) is 0. The molecule has 1 amide bonds. The van der Waals surface area contributed by atoms with E-state index in [1.807, 2.05) is 12.1 Å². The Morgan fingerprint density at radius 3 is 2.55 bits per heavy atom. The number of piperazine rings is 1. The average molecular weight is 540 g/mol. The number of carbonyl (C=O) groups is 1. The molecule has 0 bridgehead atoms. The first-order valence-electron chi connectivity index (χ1n) is 13.8. The Balaban J connectivity index is 1.09. The number of carbonyl (C=O) groups excluding carboxylic acids is 1. The van der Waals surface area contributed by atoms with Gasteiger partial charge in [-0.3, -0.25) is 9.69 Å². The van der Waals surface area contributed by atoms with Crippen molar-refractivity contribution < 1.29 is 14.3 Å². The molecule has 4 heterocycles. The zero-order valence-corrected chi connectivity index (χ0v) is 22.6. The zero-order valence-electron chi connectivity index (χ0n) is 22.6. The van der Waals surface area contributed by atoms with E-state index in [2.05, 4.69) is 55.4 Å². The summed E-state index contributed by atoms with van der Waals surface area (Å²) < 4.78 is 11.4. The van der Waals surface area contributed by atoms with Crippen LogP contribution in [0.5, 0.6) is 5.75 Å². The molecule has 40 heavy (non-hydrogen) atoms. The lowest BCUT2D eigenvalue weighted by Gasteiger charge is -2.43. The Hall–Kier alpha value is -4.20. The van der Waals surface area contributed by atoms with Crippen molar-refractivity contribution in [3.63, 3.8) is 0 Å². The van der Waals surface area contributed by atoms with E-state index in [0.717, 1.165) is 57.1 Å². The van der Waals surface area contributed by atoms with Crippen molar-refractivity contribution >= 4 is 23.1 Å². The topological polar surface area (TPSA) is 107 Å². The minimum Gasteiger partial charge on any atom is -0.487 e. The van der Waals surface area contributed by atoms with Crippen LogP contribution in [-0.2, 0) is 9.53 Å². The number of hydrogen-bond acceptors (Lipinski definition) is 9. The van der Waals surface area contributed by atoms with Crippen molar-refractivity contribution in [2.24, 2.45) is 0 Å². The van der Waals surface area contributed by atoms with Crippen LogP contribution in [0.4, 0.5) is 17.2 Å². The standard InChI is InChI=1S/C30H33N7O3/c1-21(38)37-11-9-27(18-37)40-28-7-2-22(16-23(28)17-31)30-32-10-8-29(34-30)33-24-3-5-25(6-4-24)35-12-14-36(15-13-35)26-19-39-20-26/h2-8,10,16,26-27H,9,11-15,18-20H2,1H3,(H,32,33,34). The van der Waals surface area contributed by atoms with Crippen LogP contribution in [0.25, 0.3) is 11.4 Å². The molecular formula is C30H33N7O3. The molecule has 3 aromatic rings. The molecule has 206 valence electrons. The van der Waals surface area contributed by atoms with Crippen LogP contribution in [-0.4, -0.2) is 90.3 Å². The summed E-state index contributed by atoms with van der Waals surface area (Å²) in [4.78, 5) is 27.5. The molecule has 3 aliphatic heterocycles. The van der Waals surface area contributed by atoms with Crippen molar-refractivity contribution in [2.75, 3.05) is 62.7 Å². The van der Waals surface area contributed by atoms with Crippen LogP contribution in [0.2, 0.25) is 0 Å². The summed E-state index contributed by atoms with van der Waals surface area (Å²) in [6.45, 7) is 8.67. The maximum atomic E-state index is 11.6. The third-order valence-corrected chi connectivity index (χ3v) is 7.85. The number of nitrogens with one attached hydrogen (secondary N) is 1. The van der Waals surface area contributed by atoms with E-state index in [1.165, 1.54) is 5.69 Å². The van der Waals surface area contributed by atoms with Gasteiger partial charge in [-0.25, -0.2) is 9.97 Å². The third-order valence-electron chi connectivity index (χ3n) is 7.85. The summed E-state index contributed by atoms with van der Waals surface area (Å²) in [6.07, 6.45) is 2.33. The largest absolute Gasteiger partial charge is 0.487 e. The first-order valence-corrected chi connectivity index (χ1v) is 13.8. The van der Waals surface area contributed by atoms with Gasteiger partial charge in [0.15, 0.2) is 5.82 Å². The van der Waals surface area contributed by atoms with Crippen molar-refractivity contribution in [3.8, 4) is 23.2 Å². The molecule has 3 aliphatic rings. The highest BCUT2D eigenvalue weighted by Crippen LogP contribution is 2.28. The summed E-state index contributed by atoms with van der Waals surface area (Å²) in [5.41, 5.74) is 3.30. The minimum absolute atomic E-state index is 0.0392. The molecule has 0 spiro atoms. The van der Waals surface area contributed by atoms with E-state index < -0.39 is 0 Å². The zero-order chi connectivity index (χ0) is 27.5. The number of benzene rings is 2. The first-order chi connectivity index (χ1) is 19.6. The summed E-state index contributed by atoms with van der Waals surface area (Å²) in [6, 6.07) is 18.5. The number of nitriles is 1. The Morgan fingerprint density at radius 2 is 1.88 bits per heavy atom. The highest BCUT2D eigenvalue weighted by atomic mass is 16.5. The maximum Gasteiger partial charge on any atom is 0.219 e. The van der Waals surface area contributed by atoms with Crippen molar-refractivity contribution in [1.82, 2.24) is 19.8 Å². The fraction of sp³-hybridized carbons (Fsp3) is 0.400. The van der Waals surface area contributed by atoms with Gasteiger partial charge in [0.2, 0.25) is 5.91 Å². The fourth-order valence-electron chi connectivity index (χ4n) is 5.40. The van der Waals surface area contributed by atoms with Crippen molar-refractivity contribution in [1.29, 1.82) is 5.26 Å². The van der Waals surface area contributed by atoms with Gasteiger partial charge >= 0.3 is 0 Å². The Bertz CT molecular complexity index is 1400. The normalized spacial score (nSPS) is 19.6. The monoisotopic (exact) mass is 539 g/mol. The van der Waals surface area contributed by atoms with E-state index in [9.17, 15) is 10.1 Å². The molecule has 6 rings (SSSR count). The van der Waals surface area contributed by atoms with Gasteiger partial charge in [0, 0.05) is 69.2 Å². The van der Waals surface area contributed by atoms with Crippen LogP contribution in [0.15, 0.2) is 54.7 Å². The number of ether oxygens (including phenoxy) is 2. The third kappa shape index (κ3) is 5.71. The first kappa shape index (κ1) is 26.0. The van der Waals surface area contributed by atoms with Crippen LogP contribution in [0.1, 0.15) is 18.9 Å². The van der Waals surface area contributed by atoms with E-state index in [1.54, 1.807) is 30.2 Å². The molecule has 10 nitrogen and oxygen atoms in total. The van der Waals surface area contributed by atoms with Crippen molar-refractivity contribution in [2.45, 2.75) is 25.5 Å². The molecule has 3 fully saturated rings. The predicted molar refractivity (Wildman–Crippen MR) is 152 cm³/mol. The highest BCUT2D eigenvalue weighted by molar-refractivity contribution is 5.73. The predicted octanol–water partition coefficient (Wildman–Crippen LogP) is 3.28. The molecule has 10 heteroatoms. The molecule has 1 atom stereocenters. The van der Waals surface area contributed by atoms with Crippen LogP contribution < -0.4 is 15.0 Å². The number of nitrogens with zero attached hydrogens (tertiary/aromatic N) is 6. The quantitative estimate of drug-likeness (QED) is 0.484. The SMILES string of the molecule is CC(=O)N1CCC(Oc2ccc(-c3nccc(Nc4ccc(N5CCN(C6COC6)CC5)cc4)n3)cc2C#N)C1. The molecular weight excluding hydrogens is 506 g/mol. The summed E-state index contributed by atoms with van der Waals surface area (Å²) in [5, 5.41) is 13.1. The second-order valence-electron chi connectivity index (χ2n) is 10.5. The Morgan fingerprint density at radius 1 is 1.07 bits per heavy atom. The van der Waals surface area contributed by atoms with E-state index in [-0.39, 0.29) is 12.0 Å². The Labute approximate surface area is 234 Å². The second-order valence-corrected chi connectivity index (χ2v) is 10.5. The van der Waals surface area contributed by atoms with Gasteiger partial charge in [-0.15, -0.1) is 0 Å². The van der Waals surface area contributed by atoms with Gasteiger partial charge in [-0.2, -0.15) is 5.26 Å².